The van der Waals surface area contributed by atoms with E-state index in [1.54, 1.807) is 19.2 Å². The second-order valence-electron chi connectivity index (χ2n) is 5.70. The lowest BCUT2D eigenvalue weighted by atomic mass is 9.94. The lowest BCUT2D eigenvalue weighted by molar-refractivity contribution is -0.0439. The van der Waals surface area contributed by atoms with Gasteiger partial charge in [0.25, 0.3) is 5.91 Å². The van der Waals surface area contributed by atoms with Gasteiger partial charge in [0.2, 0.25) is 0 Å². The molecule has 1 amide bonds. The molecule has 1 N–H and O–H groups in total. The molecule has 2 rings (SSSR count). The van der Waals surface area contributed by atoms with E-state index in [1.807, 2.05) is 17.9 Å². The Hall–Kier alpha value is -1.26. The van der Waals surface area contributed by atoms with Crippen molar-refractivity contribution >= 4 is 23.2 Å². The van der Waals surface area contributed by atoms with Crippen molar-refractivity contribution in [1.29, 1.82) is 0 Å². The third kappa shape index (κ3) is 3.69. The molecule has 1 atom stereocenters. The lowest BCUT2D eigenvalue weighted by Gasteiger charge is -2.39. The standard InChI is InChI=1S/C16H23ClN2O2/c1-4-18-14-7-6-12(17)10-13(14)15(20)19-9-5-8-16(2,11-19)21-3/h6-7,10,18H,4-5,8-9,11H2,1-3H3. The minimum absolute atomic E-state index is 0.0106. The summed E-state index contributed by atoms with van der Waals surface area (Å²) < 4.78 is 5.56. The normalized spacial score (nSPS) is 22.2. The average molecular weight is 311 g/mol. The molecule has 1 unspecified atom stereocenters. The third-order valence-electron chi connectivity index (χ3n) is 4.02. The van der Waals surface area contributed by atoms with E-state index < -0.39 is 0 Å². The first-order valence-electron chi connectivity index (χ1n) is 7.37. The van der Waals surface area contributed by atoms with Crippen molar-refractivity contribution in [3.8, 4) is 0 Å². The molecule has 1 fully saturated rings. The van der Waals surface area contributed by atoms with E-state index >= 15 is 0 Å². The van der Waals surface area contributed by atoms with E-state index in [0.717, 1.165) is 31.6 Å². The third-order valence-corrected chi connectivity index (χ3v) is 4.25. The monoisotopic (exact) mass is 310 g/mol. The van der Waals surface area contributed by atoms with E-state index in [-0.39, 0.29) is 11.5 Å². The van der Waals surface area contributed by atoms with Gasteiger partial charge in [-0.15, -0.1) is 0 Å². The first kappa shape index (κ1) is 16.1. The fourth-order valence-electron chi connectivity index (χ4n) is 2.75. The quantitative estimate of drug-likeness (QED) is 0.926. The number of nitrogens with one attached hydrogen (secondary N) is 1. The van der Waals surface area contributed by atoms with Gasteiger partial charge in [-0.1, -0.05) is 11.6 Å². The fraction of sp³-hybridized carbons (Fsp3) is 0.562. The Morgan fingerprint density at radius 3 is 2.95 bits per heavy atom. The zero-order valence-electron chi connectivity index (χ0n) is 12.9. The zero-order chi connectivity index (χ0) is 15.5. The summed E-state index contributed by atoms with van der Waals surface area (Å²) in [4.78, 5) is 14.7. The van der Waals surface area contributed by atoms with Gasteiger partial charge in [0, 0.05) is 37.5 Å². The van der Waals surface area contributed by atoms with E-state index in [0.29, 0.717) is 17.1 Å². The number of methoxy groups -OCH3 is 1. The van der Waals surface area contributed by atoms with Crippen LogP contribution in [0.3, 0.4) is 0 Å². The number of anilines is 1. The van der Waals surface area contributed by atoms with Gasteiger partial charge < -0.3 is 15.0 Å². The summed E-state index contributed by atoms with van der Waals surface area (Å²) in [5, 5.41) is 3.80. The Bertz CT molecular complexity index is 521. The molecule has 0 radical (unpaired) electrons. The van der Waals surface area contributed by atoms with Crippen molar-refractivity contribution < 1.29 is 9.53 Å². The fourth-order valence-corrected chi connectivity index (χ4v) is 2.93. The Labute approximate surface area is 131 Å². The minimum atomic E-state index is -0.259. The molecular weight excluding hydrogens is 288 g/mol. The second-order valence-corrected chi connectivity index (χ2v) is 6.14. The summed E-state index contributed by atoms with van der Waals surface area (Å²) in [6.45, 7) is 6.19. The molecule has 4 nitrogen and oxygen atoms in total. The maximum Gasteiger partial charge on any atom is 0.256 e. The highest BCUT2D eigenvalue weighted by Crippen LogP contribution is 2.28. The van der Waals surface area contributed by atoms with Crippen molar-refractivity contribution in [2.24, 2.45) is 0 Å². The predicted octanol–water partition coefficient (Wildman–Crippen LogP) is 3.41. The first-order chi connectivity index (χ1) is 9.99. The summed E-state index contributed by atoms with van der Waals surface area (Å²) in [6.07, 6.45) is 1.93. The van der Waals surface area contributed by atoms with Crippen LogP contribution < -0.4 is 5.32 Å². The van der Waals surface area contributed by atoms with Gasteiger partial charge >= 0.3 is 0 Å². The smallest absolute Gasteiger partial charge is 0.256 e. The number of benzene rings is 1. The Morgan fingerprint density at radius 1 is 1.52 bits per heavy atom. The molecule has 1 aromatic carbocycles. The number of piperidine rings is 1. The van der Waals surface area contributed by atoms with Gasteiger partial charge in [0.1, 0.15) is 0 Å². The molecule has 1 aliphatic heterocycles. The van der Waals surface area contributed by atoms with Gasteiger partial charge in [0.15, 0.2) is 0 Å². The molecule has 1 heterocycles. The SMILES string of the molecule is CCNc1ccc(Cl)cc1C(=O)N1CCCC(C)(OC)C1. The van der Waals surface area contributed by atoms with Crippen LogP contribution in [-0.2, 0) is 4.74 Å². The summed E-state index contributed by atoms with van der Waals surface area (Å²) in [7, 11) is 1.71. The number of nitrogens with zero attached hydrogens (tertiary/aromatic N) is 1. The van der Waals surface area contributed by atoms with E-state index in [9.17, 15) is 4.79 Å². The van der Waals surface area contributed by atoms with Gasteiger partial charge in [-0.25, -0.2) is 0 Å². The van der Waals surface area contributed by atoms with Gasteiger partial charge in [0.05, 0.1) is 11.2 Å². The maximum absolute atomic E-state index is 12.8. The van der Waals surface area contributed by atoms with Crippen LogP contribution in [0.5, 0.6) is 0 Å². The van der Waals surface area contributed by atoms with Crippen LogP contribution in [0.4, 0.5) is 5.69 Å². The van der Waals surface area contributed by atoms with Crippen LogP contribution in [0.1, 0.15) is 37.0 Å². The van der Waals surface area contributed by atoms with Crippen molar-refractivity contribution in [3.63, 3.8) is 0 Å². The number of ether oxygens (including phenoxy) is 1. The number of amides is 1. The molecule has 1 aromatic rings. The molecule has 5 heteroatoms. The van der Waals surface area contributed by atoms with Crippen molar-refractivity contribution in [3.05, 3.63) is 28.8 Å². The number of hydrogen-bond acceptors (Lipinski definition) is 3. The number of rotatable bonds is 4. The maximum atomic E-state index is 12.8. The van der Waals surface area contributed by atoms with Crippen molar-refractivity contribution in [1.82, 2.24) is 4.90 Å². The first-order valence-corrected chi connectivity index (χ1v) is 7.75. The molecule has 0 aliphatic carbocycles. The number of halogens is 1. The molecular formula is C16H23ClN2O2. The summed E-state index contributed by atoms with van der Waals surface area (Å²) in [5.74, 6) is 0.0106. The van der Waals surface area contributed by atoms with Gasteiger partial charge in [-0.3, -0.25) is 4.79 Å². The predicted molar refractivity (Wildman–Crippen MR) is 86.2 cm³/mol. The van der Waals surface area contributed by atoms with Crippen LogP contribution in [0, 0.1) is 0 Å². The molecule has 116 valence electrons. The van der Waals surface area contributed by atoms with Gasteiger partial charge in [-0.05, 0) is 44.9 Å². The lowest BCUT2D eigenvalue weighted by Crippen LogP contribution is -2.49. The molecule has 0 aromatic heterocycles. The minimum Gasteiger partial charge on any atom is -0.385 e. The molecule has 1 saturated heterocycles. The van der Waals surface area contributed by atoms with E-state index in [4.69, 9.17) is 16.3 Å². The molecule has 1 aliphatic rings. The number of likely N-dealkylation sites (tertiary alicyclic amines) is 1. The number of carbonyl (C=O) groups is 1. The van der Waals surface area contributed by atoms with Crippen LogP contribution >= 0.6 is 11.6 Å². The van der Waals surface area contributed by atoms with Crippen molar-refractivity contribution in [2.75, 3.05) is 32.1 Å². The zero-order valence-corrected chi connectivity index (χ0v) is 13.7. The second kappa shape index (κ2) is 6.67. The number of carbonyl (C=O) groups excluding carboxylic acids is 1. The highest BCUT2D eigenvalue weighted by Gasteiger charge is 2.33. The largest absolute Gasteiger partial charge is 0.385 e. The Morgan fingerprint density at radius 2 is 2.29 bits per heavy atom. The van der Waals surface area contributed by atoms with Crippen LogP contribution in [0.25, 0.3) is 0 Å². The highest BCUT2D eigenvalue weighted by molar-refractivity contribution is 6.31. The van der Waals surface area contributed by atoms with Crippen LogP contribution in [0.15, 0.2) is 18.2 Å². The number of hydrogen-bond donors (Lipinski definition) is 1. The highest BCUT2D eigenvalue weighted by atomic mass is 35.5. The van der Waals surface area contributed by atoms with Crippen LogP contribution in [0.2, 0.25) is 5.02 Å². The Balaban J connectivity index is 2.25. The molecule has 0 bridgehead atoms. The molecule has 0 spiro atoms. The topological polar surface area (TPSA) is 41.6 Å². The van der Waals surface area contributed by atoms with Crippen LogP contribution in [-0.4, -0.2) is 43.2 Å². The van der Waals surface area contributed by atoms with E-state index in [1.165, 1.54) is 0 Å². The summed E-state index contributed by atoms with van der Waals surface area (Å²) in [5.41, 5.74) is 1.20. The Kier molecular flexibility index (Phi) is 5.12. The van der Waals surface area contributed by atoms with Gasteiger partial charge in [-0.2, -0.15) is 0 Å². The summed E-state index contributed by atoms with van der Waals surface area (Å²) >= 11 is 6.06. The molecule has 21 heavy (non-hydrogen) atoms. The summed E-state index contributed by atoms with van der Waals surface area (Å²) in [6, 6.07) is 5.39. The average Bonchev–Trinajstić information content (AvgIpc) is 2.48. The van der Waals surface area contributed by atoms with Crippen molar-refractivity contribution in [2.45, 2.75) is 32.3 Å². The van der Waals surface area contributed by atoms with E-state index in [2.05, 4.69) is 12.2 Å². The molecule has 0 saturated carbocycles.